The van der Waals surface area contributed by atoms with Crippen LogP contribution in [0, 0.1) is 10.1 Å². The molecule has 126 valence electrons. The number of halogens is 1. The van der Waals surface area contributed by atoms with Gasteiger partial charge in [0.2, 0.25) is 0 Å². The van der Waals surface area contributed by atoms with E-state index in [-0.39, 0.29) is 16.6 Å². The molecular weight excluding hydrogens is 392 g/mol. The van der Waals surface area contributed by atoms with Crippen molar-refractivity contribution in [2.24, 2.45) is 0 Å². The van der Waals surface area contributed by atoms with E-state index in [0.29, 0.717) is 0 Å². The molecule has 2 aromatic rings. The Morgan fingerprint density at radius 2 is 2.04 bits per heavy atom. The Morgan fingerprint density at radius 3 is 2.75 bits per heavy atom. The van der Waals surface area contributed by atoms with Crippen LogP contribution in [0.2, 0.25) is 0 Å². The largest absolute Gasteiger partial charge is 0.287 e. The summed E-state index contributed by atoms with van der Waals surface area (Å²) in [7, 11) is -1.63. The Bertz CT molecular complexity index is 812. The van der Waals surface area contributed by atoms with Crippen molar-refractivity contribution in [3.63, 3.8) is 0 Å². The standard InChI is InChI=1S/C17H17BrN2O3S/c1-2-12-10-11-13-14(18)6-5-8-15(13)19(12)24(23)17-9-4-3-7-16(17)20(21)22/h3-9,12H,2,10-11H2,1H3. The van der Waals surface area contributed by atoms with E-state index in [1.165, 1.54) is 6.07 Å². The van der Waals surface area contributed by atoms with Crippen LogP contribution in [0.25, 0.3) is 0 Å². The van der Waals surface area contributed by atoms with Crippen molar-refractivity contribution in [2.75, 3.05) is 4.31 Å². The van der Waals surface area contributed by atoms with Gasteiger partial charge in [-0.2, -0.15) is 0 Å². The maximum absolute atomic E-state index is 13.3. The highest BCUT2D eigenvalue weighted by Crippen LogP contribution is 2.39. The van der Waals surface area contributed by atoms with Crippen molar-refractivity contribution in [3.8, 4) is 0 Å². The molecule has 7 heteroatoms. The summed E-state index contributed by atoms with van der Waals surface area (Å²) >= 11 is 3.56. The molecule has 2 aromatic carbocycles. The second-order valence-corrected chi connectivity index (χ2v) is 7.82. The second-order valence-electron chi connectivity index (χ2n) is 5.64. The summed E-state index contributed by atoms with van der Waals surface area (Å²) in [6, 6.07) is 12.2. The number of nitro groups is 1. The first-order chi connectivity index (χ1) is 11.5. The van der Waals surface area contributed by atoms with Gasteiger partial charge in [-0.1, -0.05) is 41.1 Å². The van der Waals surface area contributed by atoms with Crippen LogP contribution < -0.4 is 4.31 Å². The monoisotopic (exact) mass is 408 g/mol. The van der Waals surface area contributed by atoms with Crippen molar-refractivity contribution in [3.05, 3.63) is 62.6 Å². The number of rotatable bonds is 4. The minimum absolute atomic E-state index is 0.0902. The van der Waals surface area contributed by atoms with Gasteiger partial charge in [0.1, 0.15) is 4.90 Å². The average molecular weight is 409 g/mol. The fourth-order valence-electron chi connectivity index (χ4n) is 3.08. The van der Waals surface area contributed by atoms with Gasteiger partial charge < -0.3 is 0 Å². The maximum atomic E-state index is 13.3. The molecule has 2 atom stereocenters. The summed E-state index contributed by atoms with van der Waals surface area (Å²) < 4.78 is 16.1. The molecule has 1 heterocycles. The normalized spacial score (nSPS) is 18.1. The number of nitrogens with zero attached hydrogens (tertiary/aromatic N) is 2. The van der Waals surface area contributed by atoms with Crippen molar-refractivity contribution in [2.45, 2.75) is 37.1 Å². The number of benzene rings is 2. The zero-order valence-electron chi connectivity index (χ0n) is 13.1. The molecule has 0 bridgehead atoms. The van der Waals surface area contributed by atoms with E-state index in [4.69, 9.17) is 0 Å². The van der Waals surface area contributed by atoms with Gasteiger partial charge in [0.05, 0.1) is 10.6 Å². The van der Waals surface area contributed by atoms with Gasteiger partial charge in [0.25, 0.3) is 5.69 Å². The molecule has 1 aliphatic rings. The number of para-hydroxylation sites is 1. The molecule has 1 aliphatic heterocycles. The van der Waals surface area contributed by atoms with E-state index in [0.717, 1.165) is 35.0 Å². The average Bonchev–Trinajstić information content (AvgIpc) is 2.60. The first kappa shape index (κ1) is 17.1. The molecule has 0 saturated heterocycles. The summed E-state index contributed by atoms with van der Waals surface area (Å²) in [6.45, 7) is 2.05. The van der Waals surface area contributed by atoms with E-state index in [1.54, 1.807) is 18.2 Å². The van der Waals surface area contributed by atoms with Crippen LogP contribution >= 0.6 is 15.9 Å². The number of anilines is 1. The Labute approximate surface area is 151 Å². The predicted octanol–water partition coefficient (Wildman–Crippen LogP) is 4.61. The molecule has 3 rings (SSSR count). The lowest BCUT2D eigenvalue weighted by molar-refractivity contribution is -0.387. The van der Waals surface area contributed by atoms with Gasteiger partial charge in [0, 0.05) is 16.6 Å². The highest BCUT2D eigenvalue weighted by Gasteiger charge is 2.33. The lowest BCUT2D eigenvalue weighted by Crippen LogP contribution is -2.40. The fourth-order valence-corrected chi connectivity index (χ4v) is 5.24. The van der Waals surface area contributed by atoms with Crippen molar-refractivity contribution < 1.29 is 9.13 Å². The van der Waals surface area contributed by atoms with Crippen LogP contribution in [0.1, 0.15) is 25.3 Å². The first-order valence-electron chi connectivity index (χ1n) is 7.76. The van der Waals surface area contributed by atoms with E-state index in [9.17, 15) is 14.3 Å². The van der Waals surface area contributed by atoms with Gasteiger partial charge in [0.15, 0.2) is 11.0 Å². The fraction of sp³-hybridized carbons (Fsp3) is 0.294. The summed E-state index contributed by atoms with van der Waals surface area (Å²) in [4.78, 5) is 11.1. The third-order valence-corrected chi connectivity index (χ3v) is 6.61. The Kier molecular flexibility index (Phi) is 5.01. The van der Waals surface area contributed by atoms with Crippen LogP contribution in [0.5, 0.6) is 0 Å². The SMILES string of the molecule is CCC1CCc2c(Br)cccc2N1S(=O)c1ccccc1[N+](=O)[O-]. The number of hydrogen-bond acceptors (Lipinski definition) is 3. The third-order valence-electron chi connectivity index (χ3n) is 4.29. The number of nitro benzene ring substituents is 1. The van der Waals surface area contributed by atoms with Gasteiger partial charge >= 0.3 is 0 Å². The first-order valence-corrected chi connectivity index (χ1v) is 9.66. The number of fused-ring (bicyclic) bond motifs is 1. The summed E-state index contributed by atoms with van der Waals surface area (Å²) in [6.07, 6.45) is 2.61. The van der Waals surface area contributed by atoms with Crippen LogP contribution in [0.4, 0.5) is 11.4 Å². The van der Waals surface area contributed by atoms with Gasteiger partial charge in [-0.3, -0.25) is 14.4 Å². The molecule has 0 amide bonds. The summed E-state index contributed by atoms with van der Waals surface area (Å²) in [5, 5.41) is 11.3. The molecule has 0 fully saturated rings. The molecule has 0 aliphatic carbocycles. The maximum Gasteiger partial charge on any atom is 0.287 e. The van der Waals surface area contributed by atoms with Crippen LogP contribution in [0.3, 0.4) is 0 Å². The molecular formula is C17H17BrN2O3S. The quantitative estimate of drug-likeness (QED) is 0.547. The van der Waals surface area contributed by atoms with Gasteiger partial charge in [-0.15, -0.1) is 0 Å². The molecule has 0 radical (unpaired) electrons. The number of hydrogen-bond donors (Lipinski definition) is 0. The minimum atomic E-state index is -1.63. The lowest BCUT2D eigenvalue weighted by Gasteiger charge is -2.37. The topological polar surface area (TPSA) is 63.5 Å². The Hall–Kier alpha value is -1.73. The van der Waals surface area contributed by atoms with Crippen molar-refractivity contribution in [1.29, 1.82) is 0 Å². The summed E-state index contributed by atoms with van der Waals surface area (Å²) in [5.41, 5.74) is 1.89. The van der Waals surface area contributed by atoms with E-state index in [1.807, 2.05) is 22.5 Å². The van der Waals surface area contributed by atoms with E-state index in [2.05, 4.69) is 22.9 Å². The Morgan fingerprint density at radius 1 is 1.29 bits per heavy atom. The highest BCUT2D eigenvalue weighted by atomic mass is 79.9. The lowest BCUT2D eigenvalue weighted by atomic mass is 9.97. The Balaban J connectivity index is 2.12. The molecule has 0 aromatic heterocycles. The van der Waals surface area contributed by atoms with Crippen molar-refractivity contribution in [1.82, 2.24) is 0 Å². The second kappa shape index (κ2) is 7.03. The van der Waals surface area contributed by atoms with Crippen molar-refractivity contribution >= 4 is 38.3 Å². The van der Waals surface area contributed by atoms with E-state index >= 15 is 0 Å². The minimum Gasteiger partial charge on any atom is -0.284 e. The zero-order valence-corrected chi connectivity index (χ0v) is 15.5. The predicted molar refractivity (Wildman–Crippen MR) is 98.5 cm³/mol. The van der Waals surface area contributed by atoms with Crippen LogP contribution in [0.15, 0.2) is 51.8 Å². The highest BCUT2D eigenvalue weighted by molar-refractivity contribution is 9.10. The van der Waals surface area contributed by atoms with Crippen LogP contribution in [-0.4, -0.2) is 15.2 Å². The third kappa shape index (κ3) is 2.98. The van der Waals surface area contributed by atoms with E-state index < -0.39 is 15.9 Å². The molecule has 0 saturated carbocycles. The zero-order chi connectivity index (χ0) is 17.3. The molecule has 2 unspecified atom stereocenters. The van der Waals surface area contributed by atoms with Crippen LogP contribution in [-0.2, 0) is 17.4 Å². The summed E-state index contributed by atoms with van der Waals surface area (Å²) in [5.74, 6) is 0. The smallest absolute Gasteiger partial charge is 0.284 e. The molecule has 0 N–H and O–H groups in total. The van der Waals surface area contributed by atoms with Gasteiger partial charge in [-0.05, 0) is 43.0 Å². The molecule has 5 nitrogen and oxygen atoms in total. The molecule has 0 spiro atoms. The van der Waals surface area contributed by atoms with Gasteiger partial charge in [-0.25, -0.2) is 4.21 Å². The molecule has 24 heavy (non-hydrogen) atoms.